The van der Waals surface area contributed by atoms with Crippen molar-refractivity contribution in [2.45, 2.75) is 172 Å². The zero-order chi connectivity index (χ0) is 58.0. The van der Waals surface area contributed by atoms with E-state index in [0.29, 0.717) is 59.0 Å². The Labute approximate surface area is 451 Å². The fraction of sp³-hybridized carbons (Fsp3) is 0.481. The first kappa shape index (κ1) is 70.8. The molecule has 2 N–H and O–H groups in total. The van der Waals surface area contributed by atoms with E-state index < -0.39 is 15.6 Å². The molecule has 0 spiro atoms. The molecule has 4 aromatic rings. The summed E-state index contributed by atoms with van der Waals surface area (Å²) in [5.74, 6) is 3.96. The van der Waals surface area contributed by atoms with Crippen LogP contribution in [0.3, 0.4) is 0 Å². The van der Waals surface area contributed by atoms with Crippen LogP contribution in [0.4, 0.5) is 73.1 Å². The SMILES string of the molecule is CC(=N)N(C=Nc1c(C(C)C)cccc1C(C)C)c1c(C(C)C)cccc1C(C)C.CC(=N)N(C=Nc1c(C(C)C)cccc1C(C)C)c1c(C(C)C)cccc1C(C)C.F[P-](F)(F)(F)(F)F.F[P-](F)(F)(F)(F)F.[Pd+2]. The number of nitrogens with one attached hydrogen (secondary N) is 2. The van der Waals surface area contributed by atoms with Crippen LogP contribution < -0.4 is 9.80 Å². The topological polar surface area (TPSA) is 78.9 Å². The van der Waals surface area contributed by atoms with Crippen molar-refractivity contribution in [1.82, 2.24) is 0 Å². The molecule has 4 aromatic carbocycles. The first-order chi connectivity index (χ1) is 33.0. The Morgan fingerprint density at radius 3 is 0.640 bits per heavy atom. The van der Waals surface area contributed by atoms with Crippen LogP contribution in [0.1, 0.15) is 216 Å². The molecule has 0 amide bonds. The number of halogens is 12. The maximum absolute atomic E-state index is 10.7. The van der Waals surface area contributed by atoms with Gasteiger partial charge in [-0.3, -0.25) is 20.6 Å². The summed E-state index contributed by atoms with van der Waals surface area (Å²) in [6, 6.07) is 25.9. The van der Waals surface area contributed by atoms with Crippen molar-refractivity contribution in [1.29, 1.82) is 10.8 Å². The number of aliphatic imine (C=N–C) groups is 2. The molecule has 0 aliphatic carbocycles. The summed E-state index contributed by atoms with van der Waals surface area (Å²) in [7, 11) is -21.3. The molecule has 75 heavy (non-hydrogen) atoms. The van der Waals surface area contributed by atoms with Gasteiger partial charge in [0.15, 0.2) is 0 Å². The summed E-state index contributed by atoms with van der Waals surface area (Å²) in [5, 5.41) is 17.1. The molecule has 0 heterocycles. The molecule has 0 atom stereocenters. The molecule has 0 aliphatic heterocycles. The minimum absolute atomic E-state index is 0. The molecule has 0 unspecified atom stereocenters. The smallest absolute Gasteiger partial charge is 2.00 e. The van der Waals surface area contributed by atoms with Gasteiger partial charge in [0, 0.05) is 0 Å². The van der Waals surface area contributed by atoms with E-state index in [4.69, 9.17) is 20.8 Å². The Bertz CT molecular complexity index is 2300. The fourth-order valence-electron chi connectivity index (χ4n) is 7.76. The van der Waals surface area contributed by atoms with Gasteiger partial charge in [-0.1, -0.05) is 184 Å². The third-order valence-corrected chi connectivity index (χ3v) is 11.2. The van der Waals surface area contributed by atoms with Crippen LogP contribution in [-0.2, 0) is 20.4 Å². The number of hydrogen-bond donors (Lipinski definition) is 2. The van der Waals surface area contributed by atoms with Crippen molar-refractivity contribution in [3.05, 3.63) is 117 Å². The number of amidine groups is 2. The van der Waals surface area contributed by atoms with Gasteiger partial charge in [0.2, 0.25) is 0 Å². The molecule has 0 aromatic heterocycles. The first-order valence-electron chi connectivity index (χ1n) is 24.4. The van der Waals surface area contributed by atoms with Crippen LogP contribution >= 0.6 is 15.6 Å². The summed E-state index contributed by atoms with van der Waals surface area (Å²) in [4.78, 5) is 13.9. The first-order valence-corrected chi connectivity index (χ1v) is 28.5. The van der Waals surface area contributed by atoms with Crippen LogP contribution in [0.2, 0.25) is 0 Å². The van der Waals surface area contributed by atoms with Gasteiger partial charge in [-0.2, -0.15) is 0 Å². The van der Waals surface area contributed by atoms with Crippen LogP contribution in [-0.4, -0.2) is 24.3 Å². The third-order valence-electron chi connectivity index (χ3n) is 11.2. The molecule has 21 heteroatoms. The molecule has 4 rings (SSSR count). The Morgan fingerprint density at radius 1 is 0.360 bits per heavy atom. The Hall–Kier alpha value is -4.16. The Morgan fingerprint density at radius 2 is 0.507 bits per heavy atom. The number of rotatable bonds is 14. The quantitative estimate of drug-likeness (QED) is 0.0434. The summed E-state index contributed by atoms with van der Waals surface area (Å²) >= 11 is 0. The van der Waals surface area contributed by atoms with E-state index >= 15 is 0 Å². The molecular weight excluding hydrogens is 1130 g/mol. The van der Waals surface area contributed by atoms with Crippen LogP contribution in [0.25, 0.3) is 0 Å². The van der Waals surface area contributed by atoms with E-state index in [1.54, 1.807) is 0 Å². The van der Waals surface area contributed by atoms with E-state index in [-0.39, 0.29) is 20.4 Å². The second kappa shape index (κ2) is 25.5. The van der Waals surface area contributed by atoms with Gasteiger partial charge in [0.05, 0.1) is 22.7 Å². The molecule has 0 saturated heterocycles. The van der Waals surface area contributed by atoms with E-state index in [9.17, 15) is 50.4 Å². The largest absolute Gasteiger partial charge is 2.00 e. The minimum Gasteiger partial charge on any atom is 2.00 e. The Kier molecular flexibility index (Phi) is 24.1. The standard InChI is InChI=1S/2C27H39N3.2F6P.Pd/c2*1-17(2)22-12-10-13-23(18(3)4)26(22)29-16-30(21(9)28)27-24(19(5)6)14-11-15-25(27)20(7)8;2*1-7(2,3,4,5)6;/h2*10-20,28H,1-9H3;;;/q;;2*-1;+2. The van der Waals surface area contributed by atoms with Gasteiger partial charge in [0.25, 0.3) is 0 Å². The Balaban J connectivity index is 0.00000115. The number of para-hydroxylation sites is 4. The fourth-order valence-corrected chi connectivity index (χ4v) is 7.76. The molecule has 0 bridgehead atoms. The minimum atomic E-state index is -10.7. The maximum atomic E-state index is 9.87. The van der Waals surface area contributed by atoms with Gasteiger partial charge in [-0.25, -0.2) is 9.98 Å². The molecule has 6 nitrogen and oxygen atoms in total. The third kappa shape index (κ3) is 26.6. The molecule has 0 saturated carbocycles. The van der Waals surface area contributed by atoms with E-state index in [2.05, 4.69) is 184 Å². The summed E-state index contributed by atoms with van der Waals surface area (Å²) in [6.45, 7) is 39.1. The van der Waals surface area contributed by atoms with Gasteiger partial charge in [0.1, 0.15) is 24.3 Å². The molecule has 428 valence electrons. The predicted molar refractivity (Wildman–Crippen MR) is 294 cm³/mol. The second-order valence-electron chi connectivity index (χ2n) is 20.7. The molecule has 0 radical (unpaired) electrons. The van der Waals surface area contributed by atoms with Gasteiger partial charge >= 0.3 is 86.4 Å². The average molecular weight is 1210 g/mol. The average Bonchev–Trinajstić information content (AvgIpc) is 3.20. The molecule has 0 aliphatic rings. The van der Waals surface area contributed by atoms with E-state index in [1.165, 1.54) is 44.5 Å². The zero-order valence-corrected chi connectivity index (χ0v) is 49.6. The van der Waals surface area contributed by atoms with Crippen molar-refractivity contribution in [2.75, 3.05) is 9.80 Å². The van der Waals surface area contributed by atoms with Crippen molar-refractivity contribution >= 4 is 62.7 Å². The van der Waals surface area contributed by atoms with E-state index in [0.717, 1.165) is 22.7 Å². The van der Waals surface area contributed by atoms with Crippen molar-refractivity contribution in [3.63, 3.8) is 0 Å². The predicted octanol–water partition coefficient (Wildman–Crippen LogP) is 23.4. The van der Waals surface area contributed by atoms with Gasteiger partial charge < -0.3 is 0 Å². The van der Waals surface area contributed by atoms with Crippen molar-refractivity contribution in [2.24, 2.45) is 9.98 Å². The van der Waals surface area contributed by atoms with Crippen LogP contribution in [0.15, 0.2) is 82.8 Å². The van der Waals surface area contributed by atoms with E-state index in [1.807, 2.05) is 36.3 Å². The number of anilines is 2. The molecule has 0 fully saturated rings. The zero-order valence-electron chi connectivity index (χ0n) is 46.2. The monoisotopic (exact) mass is 1210 g/mol. The molecular formula is C54H78F12N6P2Pd. The summed E-state index contributed by atoms with van der Waals surface area (Å²) in [5.41, 5.74) is 14.3. The number of benzene rings is 4. The summed E-state index contributed by atoms with van der Waals surface area (Å²) in [6.07, 6.45) is 3.73. The normalized spacial score (nSPS) is 13.9. The van der Waals surface area contributed by atoms with Crippen LogP contribution in [0.5, 0.6) is 0 Å². The number of nitrogens with zero attached hydrogens (tertiary/aromatic N) is 4. The van der Waals surface area contributed by atoms with Gasteiger partial charge in [-0.05, 0) is 106 Å². The van der Waals surface area contributed by atoms with Gasteiger partial charge in [-0.15, -0.1) is 0 Å². The second-order valence-corrected chi connectivity index (χ2v) is 24.5. The van der Waals surface area contributed by atoms with Crippen LogP contribution in [0, 0.1) is 10.8 Å². The maximum Gasteiger partial charge on any atom is 2.00 e. The number of hydrogen-bond acceptors (Lipinski definition) is 4. The van der Waals surface area contributed by atoms with Crippen molar-refractivity contribution in [3.8, 4) is 0 Å². The van der Waals surface area contributed by atoms with Crippen molar-refractivity contribution < 1.29 is 70.8 Å². The summed E-state index contributed by atoms with van der Waals surface area (Å²) < 4.78 is 118.